The third-order valence-electron chi connectivity index (χ3n) is 1.87. The topological polar surface area (TPSA) is 113 Å². The molecule has 86 valence electrons. The van der Waals surface area contributed by atoms with Crippen molar-refractivity contribution in [3.05, 3.63) is 33.9 Å². The van der Waals surface area contributed by atoms with Gasteiger partial charge < -0.3 is 15.5 Å². The van der Waals surface area contributed by atoms with Gasteiger partial charge in [-0.2, -0.15) is 0 Å². The van der Waals surface area contributed by atoms with Crippen molar-refractivity contribution in [2.24, 2.45) is 0 Å². The van der Waals surface area contributed by atoms with Gasteiger partial charge >= 0.3 is 5.97 Å². The number of nitro groups is 1. The highest BCUT2D eigenvalue weighted by Gasteiger charge is 2.10. The Hall–Kier alpha value is -2.15. The van der Waals surface area contributed by atoms with Crippen LogP contribution in [0.4, 0.5) is 5.69 Å². The number of aliphatic carboxylic acids is 1. The Kier molecular flexibility index (Phi) is 3.78. The lowest BCUT2D eigenvalue weighted by molar-refractivity contribution is -0.384. The zero-order valence-electron chi connectivity index (χ0n) is 8.21. The zero-order valence-corrected chi connectivity index (χ0v) is 8.21. The molecule has 0 atom stereocenters. The Morgan fingerprint density at radius 2 is 2.19 bits per heavy atom. The number of carboxylic acids is 1. The Morgan fingerprint density at radius 1 is 1.50 bits per heavy atom. The largest absolute Gasteiger partial charge is 0.508 e. The van der Waals surface area contributed by atoms with Gasteiger partial charge in [-0.25, -0.2) is 0 Å². The summed E-state index contributed by atoms with van der Waals surface area (Å²) in [5, 5.41) is 30.7. The van der Waals surface area contributed by atoms with E-state index in [1.165, 1.54) is 18.2 Å². The molecule has 0 unspecified atom stereocenters. The minimum absolute atomic E-state index is 0.0554. The van der Waals surface area contributed by atoms with Crippen molar-refractivity contribution in [3.8, 4) is 5.75 Å². The van der Waals surface area contributed by atoms with Crippen LogP contribution in [0.5, 0.6) is 5.75 Å². The summed E-state index contributed by atoms with van der Waals surface area (Å²) in [5.41, 5.74) is 0.139. The van der Waals surface area contributed by atoms with E-state index in [9.17, 15) is 20.0 Å². The fourth-order valence-electron chi connectivity index (χ4n) is 1.13. The van der Waals surface area contributed by atoms with E-state index >= 15 is 0 Å². The lowest BCUT2D eigenvalue weighted by atomic mass is 10.2. The smallest absolute Gasteiger partial charge is 0.317 e. The van der Waals surface area contributed by atoms with E-state index in [1.807, 2.05) is 0 Å². The summed E-state index contributed by atoms with van der Waals surface area (Å²) in [7, 11) is 0. The van der Waals surface area contributed by atoms with Gasteiger partial charge in [0.1, 0.15) is 5.75 Å². The maximum Gasteiger partial charge on any atom is 0.317 e. The molecule has 0 saturated heterocycles. The van der Waals surface area contributed by atoms with Crippen molar-refractivity contribution in [3.63, 3.8) is 0 Å². The van der Waals surface area contributed by atoms with Crippen LogP contribution in [0.15, 0.2) is 18.2 Å². The van der Waals surface area contributed by atoms with Gasteiger partial charge in [0.05, 0.1) is 11.5 Å². The van der Waals surface area contributed by atoms with E-state index in [1.54, 1.807) is 0 Å². The Bertz CT molecular complexity index is 418. The van der Waals surface area contributed by atoms with Crippen LogP contribution in [0.25, 0.3) is 0 Å². The number of carboxylic acid groups (broad SMARTS) is 1. The van der Waals surface area contributed by atoms with E-state index < -0.39 is 10.9 Å². The number of phenolic OH excluding ortho intramolecular Hbond substituents is 1. The van der Waals surface area contributed by atoms with Gasteiger partial charge in [0.2, 0.25) is 0 Å². The average Bonchev–Trinajstić information content (AvgIpc) is 2.20. The number of rotatable bonds is 5. The SMILES string of the molecule is O=C(O)CNCc1cc([N+](=O)[O-])ccc1O. The van der Waals surface area contributed by atoms with Crippen molar-refractivity contribution in [2.45, 2.75) is 6.54 Å². The van der Waals surface area contributed by atoms with Gasteiger partial charge in [-0.15, -0.1) is 0 Å². The summed E-state index contributed by atoms with van der Waals surface area (Å²) < 4.78 is 0. The Labute approximate surface area is 90.5 Å². The van der Waals surface area contributed by atoms with Crippen LogP contribution in [-0.2, 0) is 11.3 Å². The molecule has 16 heavy (non-hydrogen) atoms. The normalized spacial score (nSPS) is 10.0. The maximum absolute atomic E-state index is 10.5. The number of carbonyl (C=O) groups is 1. The van der Waals surface area contributed by atoms with Gasteiger partial charge in [-0.1, -0.05) is 0 Å². The molecule has 0 aromatic heterocycles. The molecule has 0 fully saturated rings. The summed E-state index contributed by atoms with van der Waals surface area (Å²) in [5.74, 6) is -1.14. The number of benzene rings is 1. The molecule has 1 rings (SSSR count). The van der Waals surface area contributed by atoms with E-state index in [4.69, 9.17) is 5.11 Å². The summed E-state index contributed by atoms with van der Waals surface area (Å²) >= 11 is 0. The molecule has 0 bridgehead atoms. The highest BCUT2D eigenvalue weighted by molar-refractivity contribution is 5.69. The first kappa shape index (κ1) is 11.9. The van der Waals surface area contributed by atoms with Crippen molar-refractivity contribution < 1.29 is 19.9 Å². The van der Waals surface area contributed by atoms with Crippen LogP contribution in [-0.4, -0.2) is 27.7 Å². The third-order valence-corrected chi connectivity index (χ3v) is 1.87. The number of hydrogen-bond acceptors (Lipinski definition) is 5. The average molecular weight is 226 g/mol. The molecule has 0 spiro atoms. The molecule has 0 saturated carbocycles. The van der Waals surface area contributed by atoms with Crippen LogP contribution in [0, 0.1) is 10.1 Å². The van der Waals surface area contributed by atoms with Crippen molar-refractivity contribution >= 4 is 11.7 Å². The number of nitro benzene ring substituents is 1. The second-order valence-corrected chi connectivity index (χ2v) is 3.07. The highest BCUT2D eigenvalue weighted by atomic mass is 16.6. The Balaban J connectivity index is 2.74. The number of non-ortho nitro benzene ring substituents is 1. The first-order valence-electron chi connectivity index (χ1n) is 4.39. The molecule has 1 aromatic rings. The minimum atomic E-state index is -1.04. The van der Waals surface area contributed by atoms with E-state index in [0.717, 1.165) is 0 Å². The molecule has 0 amide bonds. The fourth-order valence-corrected chi connectivity index (χ4v) is 1.13. The molecule has 1 aromatic carbocycles. The molecular weight excluding hydrogens is 216 g/mol. The van der Waals surface area contributed by atoms with Crippen LogP contribution in [0.2, 0.25) is 0 Å². The quantitative estimate of drug-likeness (QED) is 0.497. The van der Waals surface area contributed by atoms with Gasteiger partial charge in [0, 0.05) is 24.2 Å². The standard InChI is InChI=1S/C9H10N2O5/c12-8-2-1-7(11(15)16)3-6(8)4-10-5-9(13)14/h1-3,10,12H,4-5H2,(H,13,14). The molecule has 3 N–H and O–H groups in total. The van der Waals surface area contributed by atoms with Crippen molar-refractivity contribution in [2.75, 3.05) is 6.54 Å². The minimum Gasteiger partial charge on any atom is -0.508 e. The first-order chi connectivity index (χ1) is 7.50. The molecule has 0 aliphatic heterocycles. The van der Waals surface area contributed by atoms with Gasteiger partial charge in [-0.05, 0) is 6.07 Å². The number of nitrogens with zero attached hydrogens (tertiary/aromatic N) is 1. The van der Waals surface area contributed by atoms with Crippen molar-refractivity contribution in [1.29, 1.82) is 0 Å². The van der Waals surface area contributed by atoms with Crippen LogP contribution >= 0.6 is 0 Å². The lowest BCUT2D eigenvalue weighted by Gasteiger charge is -2.04. The molecule has 0 radical (unpaired) electrons. The summed E-state index contributed by atoms with van der Waals surface area (Å²) in [4.78, 5) is 20.1. The number of aromatic hydroxyl groups is 1. The molecular formula is C9H10N2O5. The van der Waals surface area contributed by atoms with Crippen LogP contribution in [0.1, 0.15) is 5.56 Å². The summed E-state index contributed by atoms with van der Waals surface area (Å²) in [6, 6.07) is 3.58. The predicted molar refractivity (Wildman–Crippen MR) is 54.1 cm³/mol. The zero-order chi connectivity index (χ0) is 12.1. The number of phenols is 1. The second kappa shape index (κ2) is 5.08. The lowest BCUT2D eigenvalue weighted by Crippen LogP contribution is -2.21. The summed E-state index contributed by atoms with van der Waals surface area (Å²) in [6.45, 7) is -0.220. The molecule has 7 heteroatoms. The molecule has 7 nitrogen and oxygen atoms in total. The molecule has 0 aliphatic carbocycles. The first-order valence-corrected chi connectivity index (χ1v) is 4.39. The maximum atomic E-state index is 10.5. The van der Waals surface area contributed by atoms with E-state index in [0.29, 0.717) is 0 Å². The highest BCUT2D eigenvalue weighted by Crippen LogP contribution is 2.22. The number of nitrogens with one attached hydrogen (secondary N) is 1. The summed E-state index contributed by atoms with van der Waals surface area (Å²) in [6.07, 6.45) is 0. The molecule has 0 heterocycles. The monoisotopic (exact) mass is 226 g/mol. The van der Waals surface area contributed by atoms with E-state index in [2.05, 4.69) is 5.32 Å². The Morgan fingerprint density at radius 3 is 2.75 bits per heavy atom. The molecule has 0 aliphatic rings. The second-order valence-electron chi connectivity index (χ2n) is 3.07. The van der Waals surface area contributed by atoms with Gasteiger partial charge in [-0.3, -0.25) is 14.9 Å². The van der Waals surface area contributed by atoms with E-state index in [-0.39, 0.29) is 30.1 Å². The van der Waals surface area contributed by atoms with Gasteiger partial charge in [0.15, 0.2) is 0 Å². The fraction of sp³-hybridized carbons (Fsp3) is 0.222. The predicted octanol–water partition coefficient (Wildman–Crippen LogP) is 0.475. The van der Waals surface area contributed by atoms with Crippen LogP contribution < -0.4 is 5.32 Å². The van der Waals surface area contributed by atoms with Crippen molar-refractivity contribution in [1.82, 2.24) is 5.32 Å². The van der Waals surface area contributed by atoms with Crippen LogP contribution in [0.3, 0.4) is 0 Å². The number of hydrogen-bond donors (Lipinski definition) is 3. The third kappa shape index (κ3) is 3.21. The van der Waals surface area contributed by atoms with Gasteiger partial charge in [0.25, 0.3) is 5.69 Å².